The molecule has 0 aliphatic carbocycles. The van der Waals surface area contributed by atoms with E-state index in [-0.39, 0.29) is 24.5 Å². The molecule has 3 heterocycles. The lowest BCUT2D eigenvalue weighted by atomic mass is 9.78. The van der Waals surface area contributed by atoms with Crippen molar-refractivity contribution in [2.45, 2.75) is 23.8 Å². The molecule has 10 heteroatoms. The first-order chi connectivity index (χ1) is 10.1. The van der Waals surface area contributed by atoms with Crippen LogP contribution in [0.5, 0.6) is 0 Å². The Morgan fingerprint density at radius 3 is 2.64 bits per heavy atom. The molecule has 122 valence electrons. The third kappa shape index (κ3) is 2.39. The predicted molar refractivity (Wildman–Crippen MR) is 71.6 cm³/mol. The monoisotopic (exact) mass is 334 g/mol. The molecule has 1 amide bonds. The molecule has 1 aromatic rings. The first-order valence-corrected chi connectivity index (χ1v) is 8.23. The van der Waals surface area contributed by atoms with E-state index in [1.807, 2.05) is 0 Å². The number of nitrogens with zero attached hydrogens (tertiary/aromatic N) is 3. The first-order valence-electron chi connectivity index (χ1n) is 6.79. The summed E-state index contributed by atoms with van der Waals surface area (Å²) >= 11 is 0. The molecular formula is C12H16F2N4O3S. The van der Waals surface area contributed by atoms with Gasteiger partial charge in [0.1, 0.15) is 0 Å². The fraction of sp³-hybridized carbons (Fsp3) is 0.667. The van der Waals surface area contributed by atoms with E-state index in [9.17, 15) is 22.0 Å². The van der Waals surface area contributed by atoms with E-state index in [1.165, 1.54) is 17.1 Å². The quantitative estimate of drug-likeness (QED) is 0.822. The highest BCUT2D eigenvalue weighted by atomic mass is 32.2. The molecule has 22 heavy (non-hydrogen) atoms. The van der Waals surface area contributed by atoms with Crippen molar-refractivity contribution in [2.24, 2.45) is 12.5 Å². The molecule has 0 aromatic carbocycles. The van der Waals surface area contributed by atoms with Gasteiger partial charge in [0.05, 0.1) is 18.3 Å². The predicted octanol–water partition coefficient (Wildman–Crippen LogP) is -0.0439. The number of aryl methyl sites for hydroxylation is 1. The topological polar surface area (TPSA) is 84.3 Å². The van der Waals surface area contributed by atoms with Crippen LogP contribution in [0.2, 0.25) is 0 Å². The van der Waals surface area contributed by atoms with Crippen molar-refractivity contribution in [3.8, 4) is 0 Å². The van der Waals surface area contributed by atoms with Crippen LogP contribution in [-0.4, -0.2) is 53.7 Å². The molecule has 2 fully saturated rings. The lowest BCUT2D eigenvalue weighted by molar-refractivity contribution is -0.142. The summed E-state index contributed by atoms with van der Waals surface area (Å²) in [5, 5.41) is 2.23. The maximum Gasteiger partial charge on any atom is 0.262 e. The number of carbonyl (C=O) groups excluding carboxylic acids is 1. The van der Waals surface area contributed by atoms with Crippen molar-refractivity contribution >= 4 is 15.9 Å². The molecule has 7 nitrogen and oxygen atoms in total. The average Bonchev–Trinajstić information content (AvgIpc) is 2.96. The van der Waals surface area contributed by atoms with Crippen molar-refractivity contribution in [1.82, 2.24) is 19.2 Å². The molecule has 1 spiro atoms. The second kappa shape index (κ2) is 4.72. The van der Waals surface area contributed by atoms with Gasteiger partial charge in [-0.1, -0.05) is 0 Å². The maximum atomic E-state index is 14.1. The zero-order valence-corrected chi connectivity index (χ0v) is 12.7. The molecule has 2 saturated heterocycles. The number of aromatic nitrogens is 2. The molecule has 1 atom stereocenters. The van der Waals surface area contributed by atoms with Crippen molar-refractivity contribution in [1.29, 1.82) is 0 Å². The van der Waals surface area contributed by atoms with Crippen LogP contribution in [0.1, 0.15) is 12.8 Å². The van der Waals surface area contributed by atoms with Gasteiger partial charge >= 0.3 is 0 Å². The second-order valence-electron chi connectivity index (χ2n) is 5.97. The van der Waals surface area contributed by atoms with Gasteiger partial charge in [-0.25, -0.2) is 22.2 Å². The summed E-state index contributed by atoms with van der Waals surface area (Å²) in [7, 11) is -2.57. The molecule has 1 unspecified atom stereocenters. The number of piperidine rings is 1. The highest BCUT2D eigenvalue weighted by molar-refractivity contribution is 7.89. The van der Waals surface area contributed by atoms with E-state index in [0.717, 1.165) is 0 Å². The minimum absolute atomic E-state index is 0.204. The number of carbonyl (C=O) groups is 1. The van der Waals surface area contributed by atoms with Crippen LogP contribution in [0.25, 0.3) is 0 Å². The van der Waals surface area contributed by atoms with Crippen LogP contribution in [0.3, 0.4) is 0 Å². The van der Waals surface area contributed by atoms with Gasteiger partial charge in [0.2, 0.25) is 5.91 Å². The Bertz CT molecular complexity index is 718. The van der Waals surface area contributed by atoms with Crippen LogP contribution >= 0.6 is 0 Å². The lowest BCUT2D eigenvalue weighted by Gasteiger charge is -2.41. The Kier molecular flexibility index (Phi) is 3.29. The number of alkyl halides is 2. The zero-order valence-electron chi connectivity index (χ0n) is 11.9. The first kappa shape index (κ1) is 15.3. The number of imidazole rings is 1. The number of hydrogen-bond acceptors (Lipinski definition) is 4. The van der Waals surface area contributed by atoms with Crippen LogP contribution in [0.15, 0.2) is 17.6 Å². The van der Waals surface area contributed by atoms with Gasteiger partial charge in [-0.15, -0.1) is 0 Å². The molecule has 0 saturated carbocycles. The van der Waals surface area contributed by atoms with Gasteiger partial charge in [-0.3, -0.25) is 4.79 Å². The van der Waals surface area contributed by atoms with Gasteiger partial charge in [-0.2, -0.15) is 4.31 Å². The number of amides is 1. The summed E-state index contributed by atoms with van der Waals surface area (Å²) in [6.07, 6.45) is 2.12. The van der Waals surface area contributed by atoms with Crippen molar-refractivity contribution in [3.05, 3.63) is 12.5 Å². The van der Waals surface area contributed by atoms with Gasteiger partial charge in [-0.05, 0) is 6.42 Å². The van der Waals surface area contributed by atoms with E-state index in [4.69, 9.17) is 0 Å². The van der Waals surface area contributed by atoms with Crippen LogP contribution in [0, 0.1) is 5.41 Å². The standard InChI is InChI=1S/C12H16F2N4O3S/c1-17-4-9(16-8-17)22(20,21)18-6-11(2-3-15-10(11)19)5-12(13,14)7-18/h4,8H,2-3,5-7H2,1H3,(H,15,19). The smallest absolute Gasteiger partial charge is 0.262 e. The van der Waals surface area contributed by atoms with E-state index in [2.05, 4.69) is 10.3 Å². The molecule has 0 radical (unpaired) electrons. The fourth-order valence-electron chi connectivity index (χ4n) is 3.12. The summed E-state index contributed by atoms with van der Waals surface area (Å²) in [5.74, 6) is -3.75. The van der Waals surface area contributed by atoms with Gasteiger partial charge in [0.15, 0.2) is 5.03 Å². The van der Waals surface area contributed by atoms with Crippen molar-refractivity contribution in [2.75, 3.05) is 19.6 Å². The molecule has 1 aromatic heterocycles. The highest BCUT2D eigenvalue weighted by Gasteiger charge is 2.57. The van der Waals surface area contributed by atoms with E-state index < -0.39 is 40.2 Å². The summed E-state index contributed by atoms with van der Waals surface area (Å²) in [6.45, 7) is -0.888. The number of rotatable bonds is 2. The van der Waals surface area contributed by atoms with Gasteiger partial charge in [0.25, 0.3) is 15.9 Å². The Hall–Kier alpha value is -1.55. The van der Waals surface area contributed by atoms with E-state index in [0.29, 0.717) is 4.31 Å². The van der Waals surface area contributed by atoms with Gasteiger partial charge in [0, 0.05) is 32.8 Å². The van der Waals surface area contributed by atoms with Crippen LogP contribution in [0.4, 0.5) is 8.78 Å². The van der Waals surface area contributed by atoms with E-state index >= 15 is 0 Å². The number of hydrogen-bond donors (Lipinski definition) is 1. The van der Waals surface area contributed by atoms with Crippen molar-refractivity contribution < 1.29 is 22.0 Å². The maximum absolute atomic E-state index is 14.1. The Morgan fingerprint density at radius 2 is 2.09 bits per heavy atom. The zero-order chi connectivity index (χ0) is 16.2. The molecule has 2 aliphatic rings. The number of nitrogens with one attached hydrogen (secondary N) is 1. The Labute approximate surface area is 126 Å². The fourth-order valence-corrected chi connectivity index (χ4v) is 4.64. The summed E-state index contributed by atoms with van der Waals surface area (Å²) in [4.78, 5) is 15.7. The highest BCUT2D eigenvalue weighted by Crippen LogP contribution is 2.44. The molecular weight excluding hydrogens is 318 g/mol. The summed E-state index contributed by atoms with van der Waals surface area (Å²) in [5.41, 5.74) is -1.36. The Balaban J connectivity index is 1.98. The average molecular weight is 334 g/mol. The lowest BCUT2D eigenvalue weighted by Crippen LogP contribution is -2.56. The van der Waals surface area contributed by atoms with Crippen molar-refractivity contribution in [3.63, 3.8) is 0 Å². The van der Waals surface area contributed by atoms with Crippen LogP contribution in [-0.2, 0) is 21.9 Å². The third-order valence-corrected chi connectivity index (χ3v) is 5.82. The number of sulfonamides is 1. The number of halogens is 2. The molecule has 1 N–H and O–H groups in total. The summed E-state index contributed by atoms with van der Waals surface area (Å²) < 4.78 is 55.3. The van der Waals surface area contributed by atoms with Gasteiger partial charge < -0.3 is 9.88 Å². The SMILES string of the molecule is Cn1cnc(S(=O)(=O)N2CC(F)(F)CC3(CCNC3=O)C2)c1. The second-order valence-corrected chi connectivity index (χ2v) is 7.85. The third-order valence-electron chi connectivity index (χ3n) is 4.14. The Morgan fingerprint density at radius 1 is 1.36 bits per heavy atom. The molecule has 0 bridgehead atoms. The normalized spacial score (nSPS) is 29.0. The molecule has 2 aliphatic heterocycles. The minimum atomic E-state index is -4.16. The molecule has 3 rings (SSSR count). The summed E-state index contributed by atoms with van der Waals surface area (Å²) in [6, 6.07) is 0. The van der Waals surface area contributed by atoms with Crippen LogP contribution < -0.4 is 5.32 Å². The minimum Gasteiger partial charge on any atom is -0.356 e. The largest absolute Gasteiger partial charge is 0.356 e. The van der Waals surface area contributed by atoms with E-state index in [1.54, 1.807) is 7.05 Å².